The molecule has 61 heavy (non-hydrogen) atoms. The third kappa shape index (κ3) is 6.27. The molecule has 2 saturated heterocycles. The molecule has 324 valence electrons. The Hall–Kier alpha value is -5.59. The number of nitrogens with one attached hydrogen (secondary N) is 1. The lowest BCUT2D eigenvalue weighted by Crippen LogP contribution is -2.83. The van der Waals surface area contributed by atoms with Crippen LogP contribution in [0.25, 0.3) is 0 Å². The molecule has 0 radical (unpaired) electrons. The van der Waals surface area contributed by atoms with Gasteiger partial charge in [0.2, 0.25) is 5.60 Å². The van der Waals surface area contributed by atoms with E-state index < -0.39 is 113 Å². The fraction of sp³-hybridized carbons (Fsp3) is 0.477. The summed E-state index contributed by atoms with van der Waals surface area (Å²) in [4.78, 5) is 68.8. The van der Waals surface area contributed by atoms with Crippen molar-refractivity contribution in [2.75, 3.05) is 6.61 Å². The molecule has 2 bridgehead atoms. The number of fused-ring (bicyclic) bond motifs is 4. The van der Waals surface area contributed by atoms with Crippen LogP contribution in [0.5, 0.6) is 0 Å². The number of furan rings is 1. The lowest BCUT2D eigenvalue weighted by molar-refractivity contribution is -0.364. The smallest absolute Gasteiger partial charge is 0.459 e. The summed E-state index contributed by atoms with van der Waals surface area (Å²) in [6, 6.07) is 17.3. The number of aliphatic hydroxyl groups is 4. The topological polar surface area (TPSA) is 247 Å². The Morgan fingerprint density at radius 3 is 2.20 bits per heavy atom. The van der Waals surface area contributed by atoms with E-state index in [2.05, 4.69) is 5.32 Å². The van der Waals surface area contributed by atoms with Crippen LogP contribution in [0.2, 0.25) is 0 Å². The quantitative estimate of drug-likeness (QED) is 0.118. The van der Waals surface area contributed by atoms with Gasteiger partial charge in [-0.2, -0.15) is 0 Å². The molecule has 3 aliphatic carbocycles. The fourth-order valence-corrected chi connectivity index (χ4v) is 10.7. The first-order chi connectivity index (χ1) is 28.9. The van der Waals surface area contributed by atoms with Crippen molar-refractivity contribution in [1.29, 1.82) is 0 Å². The van der Waals surface area contributed by atoms with E-state index in [0.29, 0.717) is 5.56 Å². The van der Waals surface area contributed by atoms with Crippen molar-refractivity contribution in [3.05, 3.63) is 107 Å². The Bertz CT molecular complexity index is 2240. The number of hydrogen-bond donors (Lipinski definition) is 5. The van der Waals surface area contributed by atoms with Crippen LogP contribution in [0.3, 0.4) is 0 Å². The molecule has 4 fully saturated rings. The zero-order chi connectivity index (χ0) is 43.8. The molecule has 8 rings (SSSR count). The van der Waals surface area contributed by atoms with Gasteiger partial charge in [0.1, 0.15) is 12.2 Å². The molecule has 2 aromatic carbocycles. The van der Waals surface area contributed by atoms with E-state index in [0.717, 1.165) is 6.92 Å². The number of ether oxygens (including phenoxy) is 6. The standard InChI is InChI=1S/C44H47NO16/c1-21-28-30(48)34(50)42(5)26(47)19-27-43(20-56-27,60-22(2)46)33(42)36(58-38(52)24-15-10-7-11-16-24)44(41(28,3)4)35(59-40(54)61-44)32(21)57-39(53)31(49)29(23-13-8-6-9-14-23)45-37(51)25-17-12-18-55-25/h6-18,26-27,29-36,47-50H,19-20H2,1-5H3,(H,45,51)/t26-,27+,29-,30+,31+,32+,33?,34+,35-,36?,42+,43-,44+/m0/s1. The fourth-order valence-electron chi connectivity index (χ4n) is 10.7. The predicted molar refractivity (Wildman–Crippen MR) is 206 cm³/mol. The van der Waals surface area contributed by atoms with Gasteiger partial charge in [0.05, 0.1) is 42.6 Å². The van der Waals surface area contributed by atoms with Crippen molar-refractivity contribution in [3.8, 4) is 0 Å². The van der Waals surface area contributed by atoms with Gasteiger partial charge in [0.25, 0.3) is 5.91 Å². The first-order valence-corrected chi connectivity index (χ1v) is 19.9. The van der Waals surface area contributed by atoms with Crippen molar-refractivity contribution in [2.24, 2.45) is 16.7 Å². The van der Waals surface area contributed by atoms with Gasteiger partial charge in [-0.05, 0) is 47.9 Å². The maximum Gasteiger partial charge on any atom is 0.509 e. The van der Waals surface area contributed by atoms with E-state index in [1.807, 2.05) is 0 Å². The van der Waals surface area contributed by atoms with E-state index in [9.17, 15) is 44.4 Å². The Balaban J connectivity index is 1.30. The minimum absolute atomic E-state index is 0.0197. The maximum absolute atomic E-state index is 14.4. The predicted octanol–water partition coefficient (Wildman–Crippen LogP) is 2.70. The molecule has 1 spiro atoms. The number of esters is 3. The second-order valence-electron chi connectivity index (χ2n) is 17.1. The van der Waals surface area contributed by atoms with Gasteiger partial charge in [0.15, 0.2) is 35.8 Å². The van der Waals surface area contributed by atoms with Crippen molar-refractivity contribution >= 4 is 30.0 Å². The second kappa shape index (κ2) is 15.1. The Morgan fingerprint density at radius 2 is 1.59 bits per heavy atom. The van der Waals surface area contributed by atoms with Crippen LogP contribution in [0.1, 0.15) is 73.6 Å². The molecule has 1 amide bonds. The van der Waals surface area contributed by atoms with Crippen LogP contribution in [-0.2, 0) is 38.0 Å². The molecule has 2 aliphatic heterocycles. The average Bonchev–Trinajstić information content (AvgIpc) is 3.90. The van der Waals surface area contributed by atoms with Crippen molar-refractivity contribution in [1.82, 2.24) is 5.32 Å². The molecule has 2 saturated carbocycles. The van der Waals surface area contributed by atoms with Gasteiger partial charge in [-0.3, -0.25) is 9.59 Å². The van der Waals surface area contributed by atoms with E-state index in [1.54, 1.807) is 62.4 Å². The molecule has 5 N–H and O–H groups in total. The summed E-state index contributed by atoms with van der Waals surface area (Å²) in [5.41, 5.74) is -7.22. The average molecular weight is 846 g/mol. The monoisotopic (exact) mass is 845 g/mol. The highest BCUT2D eigenvalue weighted by molar-refractivity contribution is 5.92. The van der Waals surface area contributed by atoms with E-state index in [1.165, 1.54) is 44.4 Å². The Labute approximate surface area is 349 Å². The van der Waals surface area contributed by atoms with Crippen LogP contribution in [-0.4, -0.2) is 117 Å². The molecule has 5 aliphatic rings. The summed E-state index contributed by atoms with van der Waals surface area (Å²) in [5, 5.41) is 51.4. The minimum Gasteiger partial charge on any atom is -0.459 e. The third-order valence-corrected chi connectivity index (χ3v) is 13.6. The van der Waals surface area contributed by atoms with Crippen LogP contribution in [0.15, 0.2) is 94.6 Å². The summed E-state index contributed by atoms with van der Waals surface area (Å²) in [5.74, 6) is -5.43. The summed E-state index contributed by atoms with van der Waals surface area (Å²) in [6.07, 6.45) is -13.9. The van der Waals surface area contributed by atoms with Gasteiger partial charge in [-0.15, -0.1) is 0 Å². The Kier molecular flexibility index (Phi) is 10.4. The van der Waals surface area contributed by atoms with Gasteiger partial charge >= 0.3 is 24.1 Å². The summed E-state index contributed by atoms with van der Waals surface area (Å²) in [6.45, 7) is 6.91. The molecule has 13 atom stereocenters. The number of benzene rings is 2. The highest BCUT2D eigenvalue weighted by atomic mass is 16.8. The van der Waals surface area contributed by atoms with Crippen molar-refractivity contribution < 1.29 is 77.2 Å². The molecule has 17 nitrogen and oxygen atoms in total. The van der Waals surface area contributed by atoms with Crippen LogP contribution < -0.4 is 5.32 Å². The van der Waals surface area contributed by atoms with Crippen LogP contribution in [0, 0.1) is 16.7 Å². The molecule has 2 unspecified atom stereocenters. The molecule has 3 aromatic rings. The number of amides is 1. The zero-order valence-electron chi connectivity index (χ0n) is 33.9. The molecular formula is C44H47NO16. The highest BCUT2D eigenvalue weighted by Crippen LogP contribution is 2.67. The molecule has 17 heteroatoms. The number of carbonyl (C=O) groups excluding carboxylic acids is 5. The van der Waals surface area contributed by atoms with E-state index in [-0.39, 0.29) is 35.5 Å². The third-order valence-electron chi connectivity index (χ3n) is 13.6. The van der Waals surface area contributed by atoms with Gasteiger partial charge < -0.3 is 58.6 Å². The summed E-state index contributed by atoms with van der Waals surface area (Å²) >= 11 is 0. The van der Waals surface area contributed by atoms with Crippen LogP contribution in [0.4, 0.5) is 4.79 Å². The number of hydrogen-bond acceptors (Lipinski definition) is 16. The van der Waals surface area contributed by atoms with E-state index >= 15 is 0 Å². The molecule has 1 aromatic heterocycles. The number of rotatable bonds is 9. The largest absolute Gasteiger partial charge is 0.509 e. The number of aliphatic hydroxyl groups excluding tert-OH is 4. The van der Waals surface area contributed by atoms with Gasteiger partial charge in [-0.1, -0.05) is 69.3 Å². The van der Waals surface area contributed by atoms with Gasteiger partial charge in [0, 0.05) is 24.2 Å². The maximum atomic E-state index is 14.4. The van der Waals surface area contributed by atoms with E-state index in [4.69, 9.17) is 32.8 Å². The van der Waals surface area contributed by atoms with Gasteiger partial charge in [-0.25, -0.2) is 14.4 Å². The van der Waals surface area contributed by atoms with Crippen molar-refractivity contribution in [3.63, 3.8) is 0 Å². The lowest BCUT2D eigenvalue weighted by Gasteiger charge is -2.68. The summed E-state index contributed by atoms with van der Waals surface area (Å²) in [7, 11) is 0. The SMILES string of the molecule is CC(=O)O[C@@]12CO[C@@H]1C[C@H](O)[C@]1(C)C2C(OC(=O)c2ccccc2)[C@]23OC(=O)O[C@H]2[C@H](OC(=O)[C@H](O)[C@@H](NC(=O)c2ccco2)c2ccccc2)C(C)=C([C@@H](O)[C@H]1O)C3(C)C. The minimum atomic E-state index is -2.30. The molecular weight excluding hydrogens is 798 g/mol. The van der Waals surface area contributed by atoms with Crippen LogP contribution >= 0.6 is 0 Å². The number of carbonyl (C=O) groups is 5. The first-order valence-electron chi connectivity index (χ1n) is 19.9. The zero-order valence-corrected chi connectivity index (χ0v) is 33.9. The van der Waals surface area contributed by atoms with Crippen molar-refractivity contribution in [2.45, 2.75) is 107 Å². The lowest BCUT2D eigenvalue weighted by atomic mass is 9.44. The Morgan fingerprint density at radius 1 is 0.918 bits per heavy atom. The first kappa shape index (κ1) is 42.1. The normalized spacial score (nSPS) is 35.5. The highest BCUT2D eigenvalue weighted by Gasteiger charge is 2.82. The second-order valence-corrected chi connectivity index (χ2v) is 17.1. The summed E-state index contributed by atoms with van der Waals surface area (Å²) < 4.78 is 42.0. The molecule has 3 heterocycles.